The zero-order valence-corrected chi connectivity index (χ0v) is 14.8. The van der Waals surface area contributed by atoms with Crippen molar-refractivity contribution >= 4 is 5.91 Å². The van der Waals surface area contributed by atoms with Crippen LogP contribution in [-0.2, 0) is 9.53 Å². The van der Waals surface area contributed by atoms with Crippen LogP contribution in [-0.4, -0.2) is 35.9 Å². The average molecular weight is 338 g/mol. The van der Waals surface area contributed by atoms with Gasteiger partial charge < -0.3 is 15.8 Å². The first-order valence-electron chi connectivity index (χ1n) is 7.62. The standard InChI is InChI=1S/C16H29F3N2O2/c1-11(10-23-14(3,4)9-12(2)20)15(5,6)21-13(22)7-8-16(17,18)19/h7-8,11-12H,9-10,20H2,1-6H3,(H,21,22). The fraction of sp³-hybridized carbons (Fsp3) is 0.812. The minimum Gasteiger partial charge on any atom is -0.375 e. The highest BCUT2D eigenvalue weighted by Crippen LogP contribution is 2.22. The van der Waals surface area contributed by atoms with E-state index in [0.717, 1.165) is 0 Å². The van der Waals surface area contributed by atoms with Crippen LogP contribution in [0.25, 0.3) is 0 Å². The molecule has 0 aliphatic carbocycles. The van der Waals surface area contributed by atoms with Gasteiger partial charge in [-0.05, 0) is 41.0 Å². The number of hydrogen-bond donors (Lipinski definition) is 2. The number of carbonyl (C=O) groups is 1. The van der Waals surface area contributed by atoms with E-state index in [1.54, 1.807) is 13.8 Å². The lowest BCUT2D eigenvalue weighted by Gasteiger charge is -2.35. The van der Waals surface area contributed by atoms with Crippen LogP contribution in [0.1, 0.15) is 48.0 Å². The van der Waals surface area contributed by atoms with Gasteiger partial charge in [0.15, 0.2) is 0 Å². The van der Waals surface area contributed by atoms with Crippen molar-refractivity contribution in [2.24, 2.45) is 11.7 Å². The number of nitrogens with one attached hydrogen (secondary N) is 1. The largest absolute Gasteiger partial charge is 0.409 e. The monoisotopic (exact) mass is 338 g/mol. The number of ether oxygens (including phenoxy) is 1. The molecular weight excluding hydrogens is 309 g/mol. The molecule has 0 radical (unpaired) electrons. The van der Waals surface area contributed by atoms with Crippen molar-refractivity contribution in [3.63, 3.8) is 0 Å². The van der Waals surface area contributed by atoms with Crippen molar-refractivity contribution in [2.75, 3.05) is 6.61 Å². The van der Waals surface area contributed by atoms with E-state index in [9.17, 15) is 18.0 Å². The molecule has 0 aliphatic heterocycles. The number of rotatable bonds is 8. The maximum Gasteiger partial charge on any atom is 0.409 e. The maximum atomic E-state index is 12.1. The molecule has 2 atom stereocenters. The Hall–Kier alpha value is -1.08. The molecule has 0 aliphatic rings. The number of carbonyl (C=O) groups excluding carboxylic acids is 1. The second-order valence-electron chi connectivity index (χ2n) is 7.24. The molecular formula is C16H29F3N2O2. The fourth-order valence-corrected chi connectivity index (χ4v) is 2.05. The second-order valence-corrected chi connectivity index (χ2v) is 7.24. The van der Waals surface area contributed by atoms with E-state index < -0.39 is 23.2 Å². The molecule has 23 heavy (non-hydrogen) atoms. The van der Waals surface area contributed by atoms with Gasteiger partial charge in [0, 0.05) is 29.7 Å². The predicted octanol–water partition coefficient (Wildman–Crippen LogP) is 3.17. The summed E-state index contributed by atoms with van der Waals surface area (Å²) < 4.78 is 42.1. The SMILES string of the molecule is CC(N)CC(C)(C)OCC(C)C(C)(C)NC(=O)C=CC(F)(F)F. The first-order valence-corrected chi connectivity index (χ1v) is 7.62. The average Bonchev–Trinajstić information content (AvgIpc) is 2.30. The Bertz CT molecular complexity index is 416. The lowest BCUT2D eigenvalue weighted by Crippen LogP contribution is -2.50. The van der Waals surface area contributed by atoms with E-state index >= 15 is 0 Å². The number of hydrogen-bond acceptors (Lipinski definition) is 3. The van der Waals surface area contributed by atoms with Crippen LogP contribution in [0.15, 0.2) is 12.2 Å². The molecule has 0 aromatic rings. The molecule has 0 bridgehead atoms. The van der Waals surface area contributed by atoms with E-state index in [4.69, 9.17) is 10.5 Å². The van der Waals surface area contributed by atoms with Crippen LogP contribution in [0.4, 0.5) is 13.2 Å². The third kappa shape index (κ3) is 10.3. The molecule has 1 amide bonds. The minimum atomic E-state index is -4.50. The van der Waals surface area contributed by atoms with E-state index in [-0.39, 0.29) is 18.0 Å². The van der Waals surface area contributed by atoms with Gasteiger partial charge in [-0.1, -0.05) is 6.92 Å². The van der Waals surface area contributed by atoms with E-state index in [2.05, 4.69) is 5.32 Å². The minimum absolute atomic E-state index is 0.000486. The summed E-state index contributed by atoms with van der Waals surface area (Å²) in [6.07, 6.45) is -3.40. The Morgan fingerprint density at radius 2 is 1.74 bits per heavy atom. The van der Waals surface area contributed by atoms with E-state index in [1.165, 1.54) is 0 Å². The summed E-state index contributed by atoms with van der Waals surface area (Å²) >= 11 is 0. The van der Waals surface area contributed by atoms with Crippen LogP contribution in [0.3, 0.4) is 0 Å². The van der Waals surface area contributed by atoms with Crippen LogP contribution in [0.5, 0.6) is 0 Å². The summed E-state index contributed by atoms with van der Waals surface area (Å²) in [6, 6.07) is 0.000486. The summed E-state index contributed by atoms with van der Waals surface area (Å²) in [6.45, 7) is 11.5. The highest BCUT2D eigenvalue weighted by molar-refractivity contribution is 5.88. The molecule has 0 aromatic heterocycles. The molecule has 0 saturated carbocycles. The van der Waals surface area contributed by atoms with Gasteiger partial charge in [0.05, 0.1) is 12.2 Å². The summed E-state index contributed by atoms with van der Waals surface area (Å²) in [5.41, 5.74) is 4.65. The van der Waals surface area contributed by atoms with Crippen molar-refractivity contribution in [2.45, 2.75) is 71.3 Å². The van der Waals surface area contributed by atoms with Crippen molar-refractivity contribution in [3.8, 4) is 0 Å². The number of halogens is 3. The number of amides is 1. The topological polar surface area (TPSA) is 64.3 Å². The third-order valence-corrected chi connectivity index (χ3v) is 3.64. The molecule has 7 heteroatoms. The second kappa shape index (κ2) is 8.15. The van der Waals surface area contributed by atoms with Gasteiger partial charge in [0.25, 0.3) is 0 Å². The zero-order valence-electron chi connectivity index (χ0n) is 14.8. The van der Waals surface area contributed by atoms with Crippen molar-refractivity contribution in [1.29, 1.82) is 0 Å². The first kappa shape index (κ1) is 21.9. The Labute approximate surface area is 136 Å². The number of nitrogens with two attached hydrogens (primary N) is 1. The Balaban J connectivity index is 4.58. The van der Waals surface area contributed by atoms with Gasteiger partial charge in [0.2, 0.25) is 5.91 Å². The molecule has 0 fully saturated rings. The van der Waals surface area contributed by atoms with Gasteiger partial charge in [-0.3, -0.25) is 4.79 Å². The number of alkyl halides is 3. The van der Waals surface area contributed by atoms with Crippen LogP contribution in [0, 0.1) is 5.92 Å². The smallest absolute Gasteiger partial charge is 0.375 e. The molecule has 0 rings (SSSR count). The molecule has 2 unspecified atom stereocenters. The van der Waals surface area contributed by atoms with Gasteiger partial charge in [0.1, 0.15) is 0 Å². The van der Waals surface area contributed by atoms with Crippen molar-refractivity contribution < 1.29 is 22.7 Å². The quantitative estimate of drug-likeness (QED) is 0.668. The van der Waals surface area contributed by atoms with Gasteiger partial charge >= 0.3 is 6.18 Å². The lowest BCUT2D eigenvalue weighted by atomic mass is 9.89. The van der Waals surface area contributed by atoms with E-state index in [0.29, 0.717) is 19.1 Å². The molecule has 136 valence electrons. The van der Waals surface area contributed by atoms with Gasteiger partial charge in [-0.25, -0.2) is 0 Å². The maximum absolute atomic E-state index is 12.1. The molecule has 4 nitrogen and oxygen atoms in total. The van der Waals surface area contributed by atoms with Crippen LogP contribution < -0.4 is 11.1 Å². The Kier molecular flexibility index (Phi) is 7.76. The van der Waals surface area contributed by atoms with Crippen LogP contribution in [0.2, 0.25) is 0 Å². The zero-order chi connectivity index (χ0) is 18.5. The lowest BCUT2D eigenvalue weighted by molar-refractivity contribution is -0.120. The molecule has 0 aromatic carbocycles. The third-order valence-electron chi connectivity index (χ3n) is 3.64. The Morgan fingerprint density at radius 1 is 1.22 bits per heavy atom. The van der Waals surface area contributed by atoms with Gasteiger partial charge in [-0.2, -0.15) is 13.2 Å². The molecule has 0 saturated heterocycles. The van der Waals surface area contributed by atoms with Crippen molar-refractivity contribution in [1.82, 2.24) is 5.32 Å². The molecule has 0 heterocycles. The predicted molar refractivity (Wildman–Crippen MR) is 84.9 cm³/mol. The fourth-order valence-electron chi connectivity index (χ4n) is 2.05. The summed E-state index contributed by atoms with van der Waals surface area (Å²) in [7, 11) is 0. The van der Waals surface area contributed by atoms with Crippen LogP contribution >= 0.6 is 0 Å². The summed E-state index contributed by atoms with van der Waals surface area (Å²) in [5, 5.41) is 2.58. The molecule has 3 N–H and O–H groups in total. The summed E-state index contributed by atoms with van der Waals surface area (Å²) in [4.78, 5) is 11.6. The summed E-state index contributed by atoms with van der Waals surface area (Å²) in [5.74, 6) is -0.882. The molecule has 0 spiro atoms. The highest BCUT2D eigenvalue weighted by atomic mass is 19.4. The normalized spacial score (nSPS) is 16.4. The Morgan fingerprint density at radius 3 is 2.17 bits per heavy atom. The number of allylic oxidation sites excluding steroid dienone is 1. The highest BCUT2D eigenvalue weighted by Gasteiger charge is 2.30. The first-order chi connectivity index (χ1) is 10.1. The van der Waals surface area contributed by atoms with E-state index in [1.807, 2.05) is 27.7 Å². The van der Waals surface area contributed by atoms with Gasteiger partial charge in [-0.15, -0.1) is 0 Å². The van der Waals surface area contributed by atoms with Crippen molar-refractivity contribution in [3.05, 3.63) is 12.2 Å².